The molecule has 0 saturated carbocycles. The molecule has 0 unspecified atom stereocenters. The lowest BCUT2D eigenvalue weighted by atomic mass is 10.1. The minimum atomic E-state index is -3.37. The normalized spacial score (nSPS) is 17.3. The first-order chi connectivity index (χ1) is 7.05. The van der Waals surface area contributed by atoms with Crippen molar-refractivity contribution in [3.8, 4) is 0 Å². The zero-order valence-electron chi connectivity index (χ0n) is 8.23. The van der Waals surface area contributed by atoms with Gasteiger partial charge in [0.25, 0.3) is 0 Å². The summed E-state index contributed by atoms with van der Waals surface area (Å²) in [5.74, 6) is 4.89. The Balaban J connectivity index is 2.58. The predicted molar refractivity (Wildman–Crippen MR) is 56.5 cm³/mol. The van der Waals surface area contributed by atoms with Gasteiger partial charge in [0.15, 0.2) is 0 Å². The van der Waals surface area contributed by atoms with Crippen LogP contribution >= 0.6 is 0 Å². The van der Waals surface area contributed by atoms with E-state index in [0.29, 0.717) is 10.5 Å². The van der Waals surface area contributed by atoms with E-state index in [0.717, 1.165) is 5.56 Å². The maximum Gasteiger partial charge on any atom is 0.205 e. The van der Waals surface area contributed by atoms with E-state index in [-0.39, 0.29) is 11.5 Å². The lowest BCUT2D eigenvalue weighted by Gasteiger charge is -2.02. The molecule has 1 aliphatic rings. The Bertz CT molecular complexity index is 532. The molecule has 0 fully saturated rings. The molecule has 1 aliphatic heterocycles. The van der Waals surface area contributed by atoms with Gasteiger partial charge in [0, 0.05) is 0 Å². The van der Waals surface area contributed by atoms with Crippen molar-refractivity contribution in [2.45, 2.75) is 11.8 Å². The zero-order chi connectivity index (χ0) is 11.1. The van der Waals surface area contributed by atoms with Gasteiger partial charge in [0.05, 0.1) is 9.80 Å². The quantitative estimate of drug-likeness (QED) is 0.763. The molecule has 4 nitrogen and oxygen atoms in total. The highest BCUT2D eigenvalue weighted by molar-refractivity contribution is 7.95. The van der Waals surface area contributed by atoms with Crippen LogP contribution in [0.15, 0.2) is 28.0 Å². The second-order valence-electron chi connectivity index (χ2n) is 3.47. The average Bonchev–Trinajstić information content (AvgIpc) is 2.41. The van der Waals surface area contributed by atoms with Crippen LogP contribution in [0.3, 0.4) is 0 Å². The Morgan fingerprint density at radius 3 is 2.80 bits per heavy atom. The Hall–Kier alpha value is -1.17. The molecule has 2 rings (SSSR count). The second kappa shape index (κ2) is 3.44. The highest BCUT2D eigenvalue weighted by Gasteiger charge is 2.29. The van der Waals surface area contributed by atoms with Crippen molar-refractivity contribution < 1.29 is 13.3 Å². The van der Waals surface area contributed by atoms with Crippen LogP contribution in [0.4, 0.5) is 0 Å². The molecule has 15 heavy (non-hydrogen) atoms. The molecule has 80 valence electrons. The lowest BCUT2D eigenvalue weighted by Crippen LogP contribution is -2.09. The van der Waals surface area contributed by atoms with Crippen molar-refractivity contribution in [1.29, 1.82) is 0 Å². The number of nitrogens with two attached hydrogens (primary N) is 1. The van der Waals surface area contributed by atoms with Gasteiger partial charge in [-0.3, -0.25) is 4.84 Å². The summed E-state index contributed by atoms with van der Waals surface area (Å²) in [5, 5.41) is 0. The maximum atomic E-state index is 11.9. The van der Waals surface area contributed by atoms with Crippen molar-refractivity contribution in [3.05, 3.63) is 34.2 Å². The zero-order valence-corrected chi connectivity index (χ0v) is 9.04. The molecular weight excluding hydrogens is 214 g/mol. The summed E-state index contributed by atoms with van der Waals surface area (Å²) in [6, 6.07) is 5.31. The van der Waals surface area contributed by atoms with Gasteiger partial charge in [-0.2, -0.15) is 0 Å². The van der Waals surface area contributed by atoms with Gasteiger partial charge in [0.1, 0.15) is 6.61 Å². The summed E-state index contributed by atoms with van der Waals surface area (Å²) in [6.07, 6.45) is 1.59. The maximum absolute atomic E-state index is 11.9. The summed E-state index contributed by atoms with van der Waals surface area (Å²) >= 11 is 0. The minimum Gasteiger partial charge on any atom is -0.299 e. The SMILES string of the molecule is Cc1ccc2c(c1)S(=O)(=O)C(CON)=C2. The van der Waals surface area contributed by atoms with E-state index >= 15 is 0 Å². The molecule has 0 saturated heterocycles. The second-order valence-corrected chi connectivity index (χ2v) is 5.44. The van der Waals surface area contributed by atoms with E-state index in [4.69, 9.17) is 5.90 Å². The number of benzene rings is 1. The van der Waals surface area contributed by atoms with Gasteiger partial charge in [-0.15, -0.1) is 0 Å². The number of hydrogen-bond donors (Lipinski definition) is 1. The average molecular weight is 225 g/mol. The monoisotopic (exact) mass is 225 g/mol. The summed E-state index contributed by atoms with van der Waals surface area (Å²) in [4.78, 5) is 4.93. The first-order valence-corrected chi connectivity index (χ1v) is 5.92. The predicted octanol–water partition coefficient (Wildman–Crippen LogP) is 1.01. The van der Waals surface area contributed by atoms with E-state index in [2.05, 4.69) is 4.84 Å². The first kappa shape index (κ1) is 10.4. The fourth-order valence-electron chi connectivity index (χ4n) is 1.59. The number of rotatable bonds is 2. The minimum absolute atomic E-state index is 0.0872. The summed E-state index contributed by atoms with van der Waals surface area (Å²) in [7, 11) is -3.37. The van der Waals surface area contributed by atoms with Gasteiger partial charge in [-0.25, -0.2) is 14.3 Å². The van der Waals surface area contributed by atoms with Gasteiger partial charge in [-0.05, 0) is 30.2 Å². The van der Waals surface area contributed by atoms with Crippen molar-refractivity contribution in [2.24, 2.45) is 5.90 Å². The largest absolute Gasteiger partial charge is 0.299 e. The van der Waals surface area contributed by atoms with E-state index in [1.165, 1.54) is 0 Å². The number of fused-ring (bicyclic) bond motifs is 1. The molecule has 1 aromatic carbocycles. The van der Waals surface area contributed by atoms with Gasteiger partial charge < -0.3 is 0 Å². The molecule has 5 heteroatoms. The fraction of sp³-hybridized carbons (Fsp3) is 0.200. The molecule has 0 amide bonds. The highest BCUT2D eigenvalue weighted by Crippen LogP contribution is 2.33. The summed E-state index contributed by atoms with van der Waals surface area (Å²) < 4.78 is 23.8. The Morgan fingerprint density at radius 2 is 2.13 bits per heavy atom. The molecule has 0 aliphatic carbocycles. The number of aryl methyl sites for hydroxylation is 1. The summed E-state index contributed by atoms with van der Waals surface area (Å²) in [6.45, 7) is 1.77. The van der Waals surface area contributed by atoms with Crippen molar-refractivity contribution in [2.75, 3.05) is 6.61 Å². The third-order valence-electron chi connectivity index (χ3n) is 2.35. The Morgan fingerprint density at radius 1 is 1.40 bits per heavy atom. The fourth-order valence-corrected chi connectivity index (χ4v) is 3.15. The van der Waals surface area contributed by atoms with Crippen molar-refractivity contribution in [3.63, 3.8) is 0 Å². The van der Waals surface area contributed by atoms with Crippen LogP contribution in [0, 0.1) is 6.92 Å². The molecule has 0 bridgehead atoms. The molecule has 0 atom stereocenters. The molecule has 0 aromatic heterocycles. The van der Waals surface area contributed by atoms with Crippen LogP contribution in [0.1, 0.15) is 11.1 Å². The van der Waals surface area contributed by atoms with E-state index in [1.54, 1.807) is 18.2 Å². The van der Waals surface area contributed by atoms with Crippen molar-refractivity contribution >= 4 is 15.9 Å². The third kappa shape index (κ3) is 1.58. The smallest absolute Gasteiger partial charge is 0.205 e. The Kier molecular flexibility index (Phi) is 2.38. The van der Waals surface area contributed by atoms with Crippen LogP contribution in [0.25, 0.3) is 6.08 Å². The first-order valence-electron chi connectivity index (χ1n) is 4.43. The standard InChI is InChI=1S/C10H11NO3S/c1-7-2-3-8-5-9(6-14-11)15(12,13)10(8)4-7/h2-5H,6,11H2,1H3. The Labute approximate surface area is 88.2 Å². The van der Waals surface area contributed by atoms with Crippen LogP contribution in [-0.2, 0) is 14.7 Å². The number of sulfone groups is 1. The van der Waals surface area contributed by atoms with Gasteiger partial charge in [-0.1, -0.05) is 12.1 Å². The third-order valence-corrected chi connectivity index (χ3v) is 4.20. The molecular formula is C10H11NO3S. The molecule has 1 aromatic rings. The molecule has 0 radical (unpaired) electrons. The molecule has 0 spiro atoms. The molecule has 1 heterocycles. The molecule has 2 N–H and O–H groups in total. The van der Waals surface area contributed by atoms with E-state index in [1.807, 2.05) is 13.0 Å². The lowest BCUT2D eigenvalue weighted by molar-refractivity contribution is 0.166. The van der Waals surface area contributed by atoms with Crippen molar-refractivity contribution in [1.82, 2.24) is 0 Å². The summed E-state index contributed by atoms with van der Waals surface area (Å²) in [5.41, 5.74) is 1.62. The topological polar surface area (TPSA) is 69.4 Å². The van der Waals surface area contributed by atoms with E-state index < -0.39 is 9.84 Å². The van der Waals surface area contributed by atoms with Gasteiger partial charge >= 0.3 is 0 Å². The number of hydrogen-bond acceptors (Lipinski definition) is 4. The van der Waals surface area contributed by atoms with Crippen LogP contribution < -0.4 is 5.90 Å². The van der Waals surface area contributed by atoms with Gasteiger partial charge in [0.2, 0.25) is 9.84 Å². The van der Waals surface area contributed by atoms with Crippen LogP contribution in [0.2, 0.25) is 0 Å². The van der Waals surface area contributed by atoms with E-state index in [9.17, 15) is 8.42 Å². The van der Waals surface area contributed by atoms with Crippen LogP contribution in [0.5, 0.6) is 0 Å². The van der Waals surface area contributed by atoms with Crippen LogP contribution in [-0.4, -0.2) is 15.0 Å². The highest BCUT2D eigenvalue weighted by atomic mass is 32.2.